The Hall–Kier alpha value is -1.60. The molecular formula is C18H28N2O4S. The minimum atomic E-state index is -2.94. The van der Waals surface area contributed by atoms with Crippen LogP contribution in [0, 0.1) is 5.92 Å². The molecule has 0 aromatic heterocycles. The Labute approximate surface area is 150 Å². The lowest BCUT2D eigenvalue weighted by Gasteiger charge is -2.22. The first kappa shape index (κ1) is 19.7. The number of hydrogen-bond donors (Lipinski definition) is 1. The van der Waals surface area contributed by atoms with Gasteiger partial charge in [0.15, 0.2) is 9.84 Å². The lowest BCUT2D eigenvalue weighted by atomic mass is 10.2. The van der Waals surface area contributed by atoms with Crippen molar-refractivity contribution < 1.29 is 17.9 Å². The first-order valence-electron chi connectivity index (χ1n) is 8.64. The Kier molecular flexibility index (Phi) is 6.84. The standard InChI is InChI=1S/C18H28N2O4S/c1-14(2)12-24-17-6-4-5-15(9-17)10-19-18(21)11-20(3)16-7-8-25(22,23)13-16/h4-6,9,14,16H,7-8,10-13H2,1-3H3,(H,19,21)/t16-/m1/s1. The molecule has 1 saturated heterocycles. The smallest absolute Gasteiger partial charge is 0.234 e. The molecule has 7 heteroatoms. The fraction of sp³-hybridized carbons (Fsp3) is 0.611. The van der Waals surface area contributed by atoms with Crippen LogP contribution in [0.5, 0.6) is 5.75 Å². The molecule has 0 saturated carbocycles. The molecule has 0 unspecified atom stereocenters. The number of carbonyl (C=O) groups excluding carboxylic acids is 1. The van der Waals surface area contributed by atoms with Crippen molar-refractivity contribution in [2.24, 2.45) is 5.92 Å². The number of carbonyl (C=O) groups is 1. The number of amides is 1. The zero-order valence-corrected chi connectivity index (χ0v) is 16.0. The maximum absolute atomic E-state index is 12.1. The van der Waals surface area contributed by atoms with Gasteiger partial charge in [-0.3, -0.25) is 9.69 Å². The van der Waals surface area contributed by atoms with Gasteiger partial charge in [-0.25, -0.2) is 8.42 Å². The molecule has 6 nitrogen and oxygen atoms in total. The molecule has 1 fully saturated rings. The van der Waals surface area contributed by atoms with Crippen molar-refractivity contribution >= 4 is 15.7 Å². The minimum absolute atomic E-state index is 0.0662. The molecule has 1 atom stereocenters. The van der Waals surface area contributed by atoms with E-state index in [-0.39, 0.29) is 30.0 Å². The maximum Gasteiger partial charge on any atom is 0.234 e. The summed E-state index contributed by atoms with van der Waals surface area (Å²) in [6.45, 7) is 5.47. The summed E-state index contributed by atoms with van der Waals surface area (Å²) in [7, 11) is -1.14. The SMILES string of the molecule is CC(C)COc1cccc(CNC(=O)CN(C)[C@@H]2CCS(=O)(=O)C2)c1. The number of likely N-dealkylation sites (N-methyl/N-ethyl adjacent to an activating group) is 1. The van der Waals surface area contributed by atoms with Crippen LogP contribution in [-0.2, 0) is 21.2 Å². The molecule has 1 aliphatic heterocycles. The Morgan fingerprint density at radius 3 is 2.80 bits per heavy atom. The Morgan fingerprint density at radius 2 is 2.16 bits per heavy atom. The van der Waals surface area contributed by atoms with Gasteiger partial charge in [0.25, 0.3) is 0 Å². The zero-order chi connectivity index (χ0) is 18.4. The van der Waals surface area contributed by atoms with E-state index in [0.717, 1.165) is 11.3 Å². The number of nitrogens with zero attached hydrogens (tertiary/aromatic N) is 1. The number of hydrogen-bond acceptors (Lipinski definition) is 5. The molecule has 1 aromatic carbocycles. The lowest BCUT2D eigenvalue weighted by Crippen LogP contribution is -2.41. The highest BCUT2D eigenvalue weighted by atomic mass is 32.2. The van der Waals surface area contributed by atoms with Crippen molar-refractivity contribution in [3.05, 3.63) is 29.8 Å². The zero-order valence-electron chi connectivity index (χ0n) is 15.2. The third-order valence-corrected chi connectivity index (χ3v) is 5.95. The second kappa shape index (κ2) is 8.67. The van der Waals surface area contributed by atoms with Gasteiger partial charge in [0, 0.05) is 12.6 Å². The van der Waals surface area contributed by atoms with Crippen LogP contribution in [-0.4, -0.2) is 57.0 Å². The van der Waals surface area contributed by atoms with Crippen LogP contribution in [0.4, 0.5) is 0 Å². The molecule has 1 N–H and O–H groups in total. The normalized spacial score (nSPS) is 19.3. The third-order valence-electron chi connectivity index (χ3n) is 4.20. The first-order chi connectivity index (χ1) is 11.7. The van der Waals surface area contributed by atoms with Gasteiger partial charge >= 0.3 is 0 Å². The van der Waals surface area contributed by atoms with E-state index in [9.17, 15) is 13.2 Å². The summed E-state index contributed by atoms with van der Waals surface area (Å²) in [5.41, 5.74) is 0.973. The summed E-state index contributed by atoms with van der Waals surface area (Å²) < 4.78 is 28.7. The molecule has 0 aliphatic carbocycles. The molecular weight excluding hydrogens is 340 g/mol. The van der Waals surface area contributed by atoms with Crippen molar-refractivity contribution in [2.45, 2.75) is 32.9 Å². The van der Waals surface area contributed by atoms with Gasteiger partial charge in [-0.15, -0.1) is 0 Å². The molecule has 0 radical (unpaired) electrons. The van der Waals surface area contributed by atoms with Crippen molar-refractivity contribution in [2.75, 3.05) is 31.7 Å². The molecule has 1 heterocycles. The number of ether oxygens (including phenoxy) is 1. The number of rotatable bonds is 8. The molecule has 0 bridgehead atoms. The van der Waals surface area contributed by atoms with Crippen LogP contribution in [0.25, 0.3) is 0 Å². The largest absolute Gasteiger partial charge is 0.493 e. The Morgan fingerprint density at radius 1 is 1.40 bits per heavy atom. The lowest BCUT2D eigenvalue weighted by molar-refractivity contribution is -0.122. The van der Waals surface area contributed by atoms with Crippen molar-refractivity contribution in [1.82, 2.24) is 10.2 Å². The number of benzene rings is 1. The minimum Gasteiger partial charge on any atom is -0.493 e. The van der Waals surface area contributed by atoms with Crippen LogP contribution >= 0.6 is 0 Å². The van der Waals surface area contributed by atoms with Gasteiger partial charge in [0.1, 0.15) is 5.75 Å². The summed E-state index contributed by atoms with van der Waals surface area (Å²) in [6, 6.07) is 7.61. The van der Waals surface area contributed by atoms with E-state index in [4.69, 9.17) is 4.74 Å². The second-order valence-corrected chi connectivity index (χ2v) is 9.33. The average Bonchev–Trinajstić information content (AvgIpc) is 2.91. The summed E-state index contributed by atoms with van der Waals surface area (Å²) >= 11 is 0. The highest BCUT2D eigenvalue weighted by Crippen LogP contribution is 2.16. The van der Waals surface area contributed by atoms with E-state index in [1.807, 2.05) is 29.2 Å². The van der Waals surface area contributed by atoms with Crippen LogP contribution in [0.1, 0.15) is 25.8 Å². The van der Waals surface area contributed by atoms with E-state index in [2.05, 4.69) is 19.2 Å². The highest BCUT2D eigenvalue weighted by molar-refractivity contribution is 7.91. The predicted octanol–water partition coefficient (Wildman–Crippen LogP) is 1.46. The van der Waals surface area contributed by atoms with Crippen LogP contribution in [0.15, 0.2) is 24.3 Å². The average molecular weight is 368 g/mol. The van der Waals surface area contributed by atoms with E-state index >= 15 is 0 Å². The number of sulfone groups is 1. The fourth-order valence-corrected chi connectivity index (χ4v) is 4.55. The monoisotopic (exact) mass is 368 g/mol. The molecule has 25 heavy (non-hydrogen) atoms. The summed E-state index contributed by atoms with van der Waals surface area (Å²) in [4.78, 5) is 13.9. The molecule has 140 valence electrons. The molecule has 1 aliphatic rings. The van der Waals surface area contributed by atoms with Crippen LogP contribution in [0.3, 0.4) is 0 Å². The van der Waals surface area contributed by atoms with Gasteiger partial charge in [0.05, 0.1) is 24.7 Å². The van der Waals surface area contributed by atoms with Crippen molar-refractivity contribution in [3.63, 3.8) is 0 Å². The number of nitrogens with one attached hydrogen (secondary N) is 1. The van der Waals surface area contributed by atoms with Gasteiger partial charge in [0.2, 0.25) is 5.91 Å². The molecule has 0 spiro atoms. The van der Waals surface area contributed by atoms with E-state index in [0.29, 0.717) is 25.5 Å². The van der Waals surface area contributed by atoms with Crippen molar-refractivity contribution in [1.29, 1.82) is 0 Å². The Bertz CT molecular complexity index is 688. The van der Waals surface area contributed by atoms with Gasteiger partial charge in [-0.05, 0) is 37.1 Å². The quantitative estimate of drug-likeness (QED) is 0.752. The maximum atomic E-state index is 12.1. The molecule has 1 amide bonds. The van der Waals surface area contributed by atoms with E-state index in [1.165, 1.54) is 0 Å². The third kappa shape index (κ3) is 6.66. The second-order valence-electron chi connectivity index (χ2n) is 7.10. The molecule has 2 rings (SSSR count). The van der Waals surface area contributed by atoms with Crippen LogP contribution in [0.2, 0.25) is 0 Å². The summed E-state index contributed by atoms with van der Waals surface area (Å²) in [5, 5.41) is 2.88. The van der Waals surface area contributed by atoms with Gasteiger partial charge < -0.3 is 10.1 Å². The fourth-order valence-electron chi connectivity index (χ4n) is 2.74. The predicted molar refractivity (Wildman–Crippen MR) is 98.3 cm³/mol. The van der Waals surface area contributed by atoms with Gasteiger partial charge in [-0.1, -0.05) is 26.0 Å². The van der Waals surface area contributed by atoms with Gasteiger partial charge in [-0.2, -0.15) is 0 Å². The topological polar surface area (TPSA) is 75.7 Å². The van der Waals surface area contributed by atoms with Crippen molar-refractivity contribution in [3.8, 4) is 5.75 Å². The summed E-state index contributed by atoms with van der Waals surface area (Å²) in [6.07, 6.45) is 0.599. The van der Waals surface area contributed by atoms with Crippen LogP contribution < -0.4 is 10.1 Å². The first-order valence-corrected chi connectivity index (χ1v) is 10.5. The molecule has 1 aromatic rings. The van der Waals surface area contributed by atoms with E-state index in [1.54, 1.807) is 7.05 Å². The Balaban J connectivity index is 1.79. The van der Waals surface area contributed by atoms with E-state index < -0.39 is 9.84 Å². The highest BCUT2D eigenvalue weighted by Gasteiger charge is 2.31. The summed E-state index contributed by atoms with van der Waals surface area (Å²) in [5.74, 6) is 1.51.